The van der Waals surface area contributed by atoms with Gasteiger partial charge in [-0.3, -0.25) is 4.79 Å². The quantitative estimate of drug-likeness (QED) is 0.457. The van der Waals surface area contributed by atoms with Crippen molar-refractivity contribution in [3.05, 3.63) is 41.5 Å². The molecule has 146 valence electrons. The molecule has 27 heavy (non-hydrogen) atoms. The van der Waals surface area contributed by atoms with Crippen LogP contribution in [0.2, 0.25) is 0 Å². The summed E-state index contributed by atoms with van der Waals surface area (Å²) in [5.74, 6) is 2.18. The summed E-state index contributed by atoms with van der Waals surface area (Å²) in [4.78, 5) is 13.0. The molecule has 0 aliphatic rings. The zero-order valence-corrected chi connectivity index (χ0v) is 17.3. The Bertz CT molecular complexity index is 765. The minimum absolute atomic E-state index is 0.0671. The first-order valence-corrected chi connectivity index (χ1v) is 9.37. The predicted molar refractivity (Wildman–Crippen MR) is 107 cm³/mol. The largest absolute Gasteiger partial charge is 0.496 e. The maximum atomic E-state index is 13.0. The number of rotatable bonds is 10. The molecule has 0 spiro atoms. The van der Waals surface area contributed by atoms with Crippen molar-refractivity contribution >= 4 is 19.4 Å². The molecular formula is C20H25O6P. The molecule has 0 saturated carbocycles. The molecule has 0 fully saturated rings. The van der Waals surface area contributed by atoms with Gasteiger partial charge in [0.25, 0.3) is 0 Å². The van der Waals surface area contributed by atoms with Crippen molar-refractivity contribution < 1.29 is 28.5 Å². The fourth-order valence-corrected chi connectivity index (χ4v) is 3.58. The number of carbonyl (C=O) groups excluding carboxylic acids is 1. The van der Waals surface area contributed by atoms with Crippen LogP contribution in [0.4, 0.5) is 0 Å². The first-order chi connectivity index (χ1) is 13.0. The molecular weight excluding hydrogens is 367 g/mol. The van der Waals surface area contributed by atoms with Gasteiger partial charge in [-0.1, -0.05) is 6.07 Å². The fraction of sp³-hybridized carbons (Fsp3) is 0.350. The molecule has 1 unspecified atom stereocenters. The molecule has 0 radical (unpaired) electrons. The van der Waals surface area contributed by atoms with Crippen LogP contribution in [0.15, 0.2) is 30.3 Å². The van der Waals surface area contributed by atoms with Crippen LogP contribution in [0.25, 0.3) is 0 Å². The zero-order valence-electron chi connectivity index (χ0n) is 16.3. The second kappa shape index (κ2) is 10.1. The van der Waals surface area contributed by atoms with Gasteiger partial charge in [-0.05, 0) is 38.5 Å². The predicted octanol–water partition coefficient (Wildman–Crippen LogP) is 3.19. The molecule has 2 aromatic rings. The number of benzene rings is 2. The lowest BCUT2D eigenvalue weighted by molar-refractivity contribution is 0.108. The SMILES string of the molecule is COCCOc1ccc(PC(=O)c2c(OC)cc(OC)cc2OC)c(C)c1. The number of methoxy groups -OCH3 is 4. The summed E-state index contributed by atoms with van der Waals surface area (Å²) in [6.07, 6.45) is 0. The van der Waals surface area contributed by atoms with E-state index in [9.17, 15) is 4.79 Å². The van der Waals surface area contributed by atoms with E-state index in [4.69, 9.17) is 23.7 Å². The van der Waals surface area contributed by atoms with Crippen molar-refractivity contribution in [2.75, 3.05) is 41.7 Å². The summed E-state index contributed by atoms with van der Waals surface area (Å²) in [6.45, 7) is 2.97. The Morgan fingerprint density at radius 2 is 1.56 bits per heavy atom. The molecule has 2 rings (SSSR count). The maximum absolute atomic E-state index is 13.0. The van der Waals surface area contributed by atoms with Crippen molar-refractivity contribution in [2.45, 2.75) is 6.92 Å². The van der Waals surface area contributed by atoms with Crippen molar-refractivity contribution in [2.24, 2.45) is 0 Å². The molecule has 2 aromatic carbocycles. The zero-order chi connectivity index (χ0) is 19.8. The van der Waals surface area contributed by atoms with E-state index in [1.807, 2.05) is 25.1 Å². The van der Waals surface area contributed by atoms with Crippen LogP contribution in [0.5, 0.6) is 23.0 Å². The van der Waals surface area contributed by atoms with Gasteiger partial charge in [0.1, 0.15) is 35.2 Å². The Morgan fingerprint density at radius 3 is 2.07 bits per heavy atom. The summed E-state index contributed by atoms with van der Waals surface area (Å²) in [5.41, 5.74) is 1.34. The van der Waals surface area contributed by atoms with Crippen molar-refractivity contribution in [3.8, 4) is 23.0 Å². The number of ether oxygens (including phenoxy) is 5. The van der Waals surface area contributed by atoms with E-state index in [0.717, 1.165) is 16.6 Å². The molecule has 0 aliphatic heterocycles. The van der Waals surface area contributed by atoms with Crippen molar-refractivity contribution in [1.82, 2.24) is 0 Å². The highest BCUT2D eigenvalue weighted by atomic mass is 31.1. The van der Waals surface area contributed by atoms with Crippen LogP contribution in [0, 0.1) is 6.92 Å². The Balaban J connectivity index is 2.24. The second-order valence-corrected chi connectivity index (χ2v) is 6.92. The Kier molecular flexibility index (Phi) is 7.89. The third kappa shape index (κ3) is 5.34. The van der Waals surface area contributed by atoms with Gasteiger partial charge in [-0.25, -0.2) is 0 Å². The third-order valence-electron chi connectivity index (χ3n) is 3.94. The van der Waals surface area contributed by atoms with Gasteiger partial charge in [0.2, 0.25) is 0 Å². The fourth-order valence-electron chi connectivity index (χ4n) is 2.52. The van der Waals surface area contributed by atoms with Crippen LogP contribution in [-0.2, 0) is 4.74 Å². The molecule has 0 bridgehead atoms. The van der Waals surface area contributed by atoms with Gasteiger partial charge in [0.15, 0.2) is 5.52 Å². The van der Waals surface area contributed by atoms with E-state index in [0.29, 0.717) is 36.0 Å². The lowest BCUT2D eigenvalue weighted by Gasteiger charge is -2.15. The highest BCUT2D eigenvalue weighted by Gasteiger charge is 2.21. The smallest absolute Gasteiger partial charge is 0.193 e. The van der Waals surface area contributed by atoms with Crippen LogP contribution >= 0.6 is 8.58 Å². The van der Waals surface area contributed by atoms with Crippen LogP contribution in [0.3, 0.4) is 0 Å². The van der Waals surface area contributed by atoms with Gasteiger partial charge in [0.05, 0.1) is 27.9 Å². The standard InChI is InChI=1S/C20H25O6P/c1-13-10-14(26-9-8-22-2)6-7-18(13)27-20(21)19-16(24-4)11-15(23-3)12-17(19)25-5/h6-7,10-12,27H,8-9H2,1-5H3. The molecule has 0 heterocycles. The molecule has 7 heteroatoms. The summed E-state index contributed by atoms with van der Waals surface area (Å²) >= 11 is 0. The van der Waals surface area contributed by atoms with Gasteiger partial charge in [0, 0.05) is 19.2 Å². The molecule has 6 nitrogen and oxygen atoms in total. The van der Waals surface area contributed by atoms with E-state index in [1.165, 1.54) is 14.2 Å². The monoisotopic (exact) mass is 392 g/mol. The molecule has 1 atom stereocenters. The second-order valence-electron chi connectivity index (χ2n) is 5.68. The maximum Gasteiger partial charge on any atom is 0.193 e. The van der Waals surface area contributed by atoms with Crippen LogP contribution in [-0.4, -0.2) is 47.2 Å². The van der Waals surface area contributed by atoms with E-state index >= 15 is 0 Å². The lowest BCUT2D eigenvalue weighted by Crippen LogP contribution is -2.09. The number of hydrogen-bond donors (Lipinski definition) is 0. The average molecular weight is 392 g/mol. The van der Waals surface area contributed by atoms with E-state index in [1.54, 1.807) is 26.4 Å². The summed E-state index contributed by atoms with van der Waals surface area (Å²) < 4.78 is 26.6. The minimum atomic E-state index is -0.0704. The number of carbonyl (C=O) groups is 1. The summed E-state index contributed by atoms with van der Waals surface area (Å²) in [5, 5.41) is 0.944. The van der Waals surface area contributed by atoms with Crippen LogP contribution in [0.1, 0.15) is 15.9 Å². The van der Waals surface area contributed by atoms with Gasteiger partial charge < -0.3 is 23.7 Å². The highest BCUT2D eigenvalue weighted by Crippen LogP contribution is 2.38. The van der Waals surface area contributed by atoms with Gasteiger partial charge in [-0.15, -0.1) is 0 Å². The van der Waals surface area contributed by atoms with Gasteiger partial charge in [-0.2, -0.15) is 0 Å². The first-order valence-electron chi connectivity index (χ1n) is 8.37. The summed E-state index contributed by atoms with van der Waals surface area (Å²) in [6, 6.07) is 9.06. The van der Waals surface area contributed by atoms with Crippen molar-refractivity contribution in [1.29, 1.82) is 0 Å². The first kappa shape index (κ1) is 21.0. The minimum Gasteiger partial charge on any atom is -0.496 e. The number of hydrogen-bond acceptors (Lipinski definition) is 6. The highest BCUT2D eigenvalue weighted by molar-refractivity contribution is 7.66. The summed E-state index contributed by atoms with van der Waals surface area (Å²) in [7, 11) is 6.15. The molecule has 0 amide bonds. The topological polar surface area (TPSA) is 63.2 Å². The molecule has 0 saturated heterocycles. The number of aryl methyl sites for hydroxylation is 1. The van der Waals surface area contributed by atoms with E-state index in [2.05, 4.69) is 0 Å². The lowest BCUT2D eigenvalue weighted by atomic mass is 10.2. The Morgan fingerprint density at radius 1 is 0.889 bits per heavy atom. The Hall–Kier alpha value is -2.30. The van der Waals surface area contributed by atoms with E-state index in [-0.39, 0.29) is 14.1 Å². The molecule has 0 aliphatic carbocycles. The van der Waals surface area contributed by atoms with Crippen LogP contribution < -0.4 is 24.3 Å². The van der Waals surface area contributed by atoms with Gasteiger partial charge >= 0.3 is 0 Å². The normalized spacial score (nSPS) is 10.9. The van der Waals surface area contributed by atoms with E-state index < -0.39 is 0 Å². The average Bonchev–Trinajstić information content (AvgIpc) is 2.68. The molecule has 0 N–H and O–H groups in total. The van der Waals surface area contributed by atoms with Crippen molar-refractivity contribution in [3.63, 3.8) is 0 Å². The molecule has 0 aromatic heterocycles. The third-order valence-corrected chi connectivity index (χ3v) is 5.25. The Labute approximate surface area is 161 Å².